The molecule has 3 rings (SSSR count). The van der Waals surface area contributed by atoms with Crippen LogP contribution in [0.4, 0.5) is 11.8 Å². The van der Waals surface area contributed by atoms with Crippen LogP contribution in [0.1, 0.15) is 26.2 Å². The molecule has 0 atom stereocenters. The summed E-state index contributed by atoms with van der Waals surface area (Å²) in [6.07, 6.45) is 3.48. The molecule has 0 radical (unpaired) electrons. The van der Waals surface area contributed by atoms with Crippen molar-refractivity contribution in [1.29, 1.82) is 0 Å². The van der Waals surface area contributed by atoms with Crippen LogP contribution in [0.25, 0.3) is 11.0 Å². The molecule has 7 heteroatoms. The monoisotopic (exact) mass is 305 g/mol. The Morgan fingerprint density at radius 1 is 1.19 bits per heavy atom. The van der Waals surface area contributed by atoms with Crippen molar-refractivity contribution >= 4 is 40.3 Å². The van der Waals surface area contributed by atoms with Crippen LogP contribution in [0.5, 0.6) is 0 Å². The van der Waals surface area contributed by atoms with Crippen molar-refractivity contribution in [2.24, 2.45) is 0 Å². The summed E-state index contributed by atoms with van der Waals surface area (Å²) in [6.45, 7) is 3.30. The highest BCUT2D eigenvalue weighted by Gasteiger charge is 2.18. The van der Waals surface area contributed by atoms with Gasteiger partial charge < -0.3 is 4.90 Å². The third-order valence-corrected chi connectivity index (χ3v) is 3.64. The number of piperidine rings is 1. The molecule has 0 spiro atoms. The van der Waals surface area contributed by atoms with Crippen LogP contribution in [0.3, 0.4) is 0 Å². The van der Waals surface area contributed by atoms with E-state index in [0.29, 0.717) is 22.1 Å². The van der Waals surface area contributed by atoms with Crippen molar-refractivity contribution in [3.63, 3.8) is 0 Å². The van der Waals surface area contributed by atoms with E-state index in [1.54, 1.807) is 12.1 Å². The number of aromatic nitrogens is 3. The lowest BCUT2D eigenvalue weighted by molar-refractivity contribution is -0.114. The van der Waals surface area contributed by atoms with Crippen LogP contribution in [0.2, 0.25) is 5.15 Å². The molecule has 0 bridgehead atoms. The quantitative estimate of drug-likeness (QED) is 0.864. The molecular weight excluding hydrogens is 290 g/mol. The number of carbonyl (C=O) groups excluding carboxylic acids is 1. The summed E-state index contributed by atoms with van der Waals surface area (Å²) in [5.41, 5.74) is 1.36. The van der Waals surface area contributed by atoms with E-state index < -0.39 is 0 Å². The Labute approximate surface area is 127 Å². The predicted octanol–water partition coefficient (Wildman–Crippen LogP) is 2.63. The SMILES string of the molecule is CC(=O)Nc1nc(N2CCCCC2)c2nc(Cl)ccc2n1. The van der Waals surface area contributed by atoms with Gasteiger partial charge in [0, 0.05) is 20.0 Å². The van der Waals surface area contributed by atoms with Crippen LogP contribution in [0.15, 0.2) is 12.1 Å². The van der Waals surface area contributed by atoms with Crippen LogP contribution < -0.4 is 10.2 Å². The number of fused-ring (bicyclic) bond motifs is 1. The zero-order valence-electron chi connectivity index (χ0n) is 11.8. The first kappa shape index (κ1) is 14.0. The van der Waals surface area contributed by atoms with Gasteiger partial charge in [0.2, 0.25) is 11.9 Å². The summed E-state index contributed by atoms with van der Waals surface area (Å²) in [4.78, 5) is 26.6. The molecule has 0 aromatic carbocycles. The fraction of sp³-hybridized carbons (Fsp3) is 0.429. The van der Waals surface area contributed by atoms with Crippen molar-refractivity contribution < 1.29 is 4.79 Å². The first-order valence-electron chi connectivity index (χ1n) is 7.00. The van der Waals surface area contributed by atoms with Gasteiger partial charge in [-0.15, -0.1) is 0 Å². The van der Waals surface area contributed by atoms with E-state index in [2.05, 4.69) is 25.2 Å². The number of halogens is 1. The number of pyridine rings is 1. The second-order valence-electron chi connectivity index (χ2n) is 5.10. The minimum atomic E-state index is -0.194. The van der Waals surface area contributed by atoms with Gasteiger partial charge >= 0.3 is 0 Å². The van der Waals surface area contributed by atoms with E-state index in [-0.39, 0.29) is 5.91 Å². The minimum absolute atomic E-state index is 0.194. The lowest BCUT2D eigenvalue weighted by atomic mass is 10.1. The molecule has 3 heterocycles. The highest BCUT2D eigenvalue weighted by atomic mass is 35.5. The Hall–Kier alpha value is -1.95. The summed E-state index contributed by atoms with van der Waals surface area (Å²) < 4.78 is 0. The van der Waals surface area contributed by atoms with Gasteiger partial charge in [0.05, 0.1) is 5.52 Å². The van der Waals surface area contributed by atoms with Crippen molar-refractivity contribution in [1.82, 2.24) is 15.0 Å². The van der Waals surface area contributed by atoms with Crippen molar-refractivity contribution in [3.05, 3.63) is 17.3 Å². The zero-order valence-corrected chi connectivity index (χ0v) is 12.5. The molecule has 1 saturated heterocycles. The third-order valence-electron chi connectivity index (χ3n) is 3.43. The van der Waals surface area contributed by atoms with E-state index >= 15 is 0 Å². The smallest absolute Gasteiger partial charge is 0.232 e. The first-order chi connectivity index (χ1) is 10.1. The highest BCUT2D eigenvalue weighted by Crippen LogP contribution is 2.27. The number of hydrogen-bond donors (Lipinski definition) is 1. The van der Waals surface area contributed by atoms with Gasteiger partial charge in [0.15, 0.2) is 5.82 Å². The van der Waals surface area contributed by atoms with Crippen LogP contribution in [-0.4, -0.2) is 33.9 Å². The van der Waals surface area contributed by atoms with Crippen LogP contribution in [0, 0.1) is 0 Å². The molecule has 1 N–H and O–H groups in total. The van der Waals surface area contributed by atoms with Gasteiger partial charge in [0.25, 0.3) is 0 Å². The largest absolute Gasteiger partial charge is 0.355 e. The topological polar surface area (TPSA) is 71.0 Å². The second kappa shape index (κ2) is 5.81. The van der Waals surface area contributed by atoms with Gasteiger partial charge in [-0.3, -0.25) is 10.1 Å². The van der Waals surface area contributed by atoms with Crippen LogP contribution in [-0.2, 0) is 4.79 Å². The number of amides is 1. The van der Waals surface area contributed by atoms with Gasteiger partial charge in [-0.2, -0.15) is 4.98 Å². The highest BCUT2D eigenvalue weighted by molar-refractivity contribution is 6.29. The molecule has 1 aliphatic rings. The maximum atomic E-state index is 11.2. The summed E-state index contributed by atoms with van der Waals surface area (Å²) in [7, 11) is 0. The number of anilines is 2. The molecule has 1 fully saturated rings. The molecule has 6 nitrogen and oxygen atoms in total. The summed E-state index contributed by atoms with van der Waals surface area (Å²) in [6, 6.07) is 3.49. The van der Waals surface area contributed by atoms with Gasteiger partial charge in [0.1, 0.15) is 10.7 Å². The van der Waals surface area contributed by atoms with Crippen molar-refractivity contribution in [2.75, 3.05) is 23.3 Å². The average Bonchev–Trinajstić information content (AvgIpc) is 2.47. The Morgan fingerprint density at radius 3 is 2.67 bits per heavy atom. The zero-order chi connectivity index (χ0) is 14.8. The molecule has 2 aromatic heterocycles. The molecule has 0 unspecified atom stereocenters. The number of hydrogen-bond acceptors (Lipinski definition) is 5. The second-order valence-corrected chi connectivity index (χ2v) is 5.49. The minimum Gasteiger partial charge on any atom is -0.355 e. The molecule has 110 valence electrons. The van der Waals surface area contributed by atoms with Crippen molar-refractivity contribution in [3.8, 4) is 0 Å². The van der Waals surface area contributed by atoms with Gasteiger partial charge in [-0.05, 0) is 31.4 Å². The Kier molecular flexibility index (Phi) is 3.88. The van der Waals surface area contributed by atoms with Crippen LogP contribution >= 0.6 is 11.6 Å². The van der Waals surface area contributed by atoms with E-state index in [4.69, 9.17) is 11.6 Å². The average molecular weight is 306 g/mol. The Bertz CT molecular complexity index is 684. The summed E-state index contributed by atoms with van der Waals surface area (Å²) in [5.74, 6) is 0.853. The molecule has 1 amide bonds. The Morgan fingerprint density at radius 2 is 1.95 bits per heavy atom. The molecule has 0 aliphatic carbocycles. The lowest BCUT2D eigenvalue weighted by Crippen LogP contribution is -2.31. The number of nitrogens with zero attached hydrogens (tertiary/aromatic N) is 4. The van der Waals surface area contributed by atoms with E-state index in [0.717, 1.165) is 31.7 Å². The molecule has 0 saturated carbocycles. The van der Waals surface area contributed by atoms with Crippen molar-refractivity contribution in [2.45, 2.75) is 26.2 Å². The summed E-state index contributed by atoms with van der Waals surface area (Å²) >= 11 is 6.00. The molecular formula is C14H16ClN5O. The fourth-order valence-corrected chi connectivity index (χ4v) is 2.66. The number of rotatable bonds is 2. The Balaban J connectivity index is 2.12. The number of carbonyl (C=O) groups is 1. The molecule has 1 aliphatic heterocycles. The molecule has 2 aromatic rings. The van der Waals surface area contributed by atoms with E-state index in [9.17, 15) is 4.79 Å². The normalized spacial score (nSPS) is 15.2. The number of nitrogens with one attached hydrogen (secondary N) is 1. The van der Waals surface area contributed by atoms with E-state index in [1.807, 2.05) is 0 Å². The fourth-order valence-electron chi connectivity index (χ4n) is 2.51. The molecule has 21 heavy (non-hydrogen) atoms. The van der Waals surface area contributed by atoms with Gasteiger partial charge in [-0.25, -0.2) is 9.97 Å². The maximum absolute atomic E-state index is 11.2. The summed E-state index contributed by atoms with van der Waals surface area (Å²) in [5, 5.41) is 3.06. The standard InChI is InChI=1S/C14H16ClN5O/c1-9(21)16-14-17-10-5-6-11(15)18-12(10)13(19-14)20-7-3-2-4-8-20/h5-6H,2-4,7-8H2,1H3,(H,16,17,19,21). The predicted molar refractivity (Wildman–Crippen MR) is 82.7 cm³/mol. The third kappa shape index (κ3) is 3.05. The van der Waals surface area contributed by atoms with E-state index in [1.165, 1.54) is 13.3 Å². The first-order valence-corrected chi connectivity index (χ1v) is 7.38. The van der Waals surface area contributed by atoms with Gasteiger partial charge in [-0.1, -0.05) is 11.6 Å². The lowest BCUT2D eigenvalue weighted by Gasteiger charge is -2.28. The maximum Gasteiger partial charge on any atom is 0.232 e.